The summed E-state index contributed by atoms with van der Waals surface area (Å²) in [6.07, 6.45) is 7.07. The third kappa shape index (κ3) is 6.16. The minimum atomic E-state index is -0.532. The van der Waals surface area contributed by atoms with Crippen LogP contribution < -0.4 is 10.9 Å². The van der Waals surface area contributed by atoms with Crippen molar-refractivity contribution in [1.82, 2.24) is 39.2 Å². The molecule has 0 radical (unpaired) electrons. The first kappa shape index (κ1) is 30.1. The van der Waals surface area contributed by atoms with E-state index < -0.39 is 6.04 Å². The van der Waals surface area contributed by atoms with Gasteiger partial charge in [-0.2, -0.15) is 10.2 Å². The molecule has 236 valence electrons. The monoisotopic (exact) mass is 626 g/mol. The van der Waals surface area contributed by atoms with E-state index in [1.165, 1.54) is 0 Å². The van der Waals surface area contributed by atoms with Gasteiger partial charge in [-0.3, -0.25) is 23.7 Å². The molecule has 0 spiro atoms. The molecule has 1 fully saturated rings. The second-order valence-electron chi connectivity index (χ2n) is 11.6. The van der Waals surface area contributed by atoms with Gasteiger partial charge in [-0.05, 0) is 49.6 Å². The van der Waals surface area contributed by atoms with Crippen LogP contribution >= 0.6 is 0 Å². The third-order valence-corrected chi connectivity index (χ3v) is 8.40. The van der Waals surface area contributed by atoms with Crippen LogP contribution in [0.2, 0.25) is 0 Å². The molecule has 0 bridgehead atoms. The maximum Gasteiger partial charge on any atom is 0.264 e. The first-order chi connectivity index (χ1) is 23.0. The molecule has 0 aliphatic carbocycles. The van der Waals surface area contributed by atoms with Gasteiger partial charge < -0.3 is 10.1 Å². The van der Waals surface area contributed by atoms with Crippen molar-refractivity contribution in [2.24, 2.45) is 0 Å². The van der Waals surface area contributed by atoms with Gasteiger partial charge in [0, 0.05) is 55.2 Å². The molecule has 11 nitrogen and oxygen atoms in total. The van der Waals surface area contributed by atoms with Gasteiger partial charge in [0.15, 0.2) is 5.65 Å². The number of hydrogen-bond donors (Lipinski definition) is 1. The lowest BCUT2D eigenvalue weighted by Gasteiger charge is -2.26. The zero-order valence-electron chi connectivity index (χ0n) is 26.3. The summed E-state index contributed by atoms with van der Waals surface area (Å²) in [6, 6.07) is 18.3. The maximum atomic E-state index is 14.4. The highest BCUT2D eigenvalue weighted by Gasteiger charge is 2.23. The van der Waals surface area contributed by atoms with Crippen molar-refractivity contribution in [3.63, 3.8) is 0 Å². The molecule has 2 aromatic carbocycles. The van der Waals surface area contributed by atoms with E-state index in [9.17, 15) is 9.59 Å². The Morgan fingerprint density at radius 3 is 2.70 bits per heavy atom. The molecular formula is C36H34N8O3. The molecule has 6 aromatic rings. The summed E-state index contributed by atoms with van der Waals surface area (Å²) >= 11 is 0. The number of pyridine rings is 1. The normalized spacial score (nSPS) is 14.2. The highest BCUT2D eigenvalue weighted by molar-refractivity contribution is 6.01. The van der Waals surface area contributed by atoms with Crippen molar-refractivity contribution in [1.29, 1.82) is 0 Å². The number of carbonyl (C=O) groups is 1. The lowest BCUT2D eigenvalue weighted by atomic mass is 10.0. The lowest BCUT2D eigenvalue weighted by Crippen LogP contribution is -2.38. The summed E-state index contributed by atoms with van der Waals surface area (Å²) < 4.78 is 10.6. The van der Waals surface area contributed by atoms with Crippen LogP contribution in [0.5, 0.6) is 0 Å². The van der Waals surface area contributed by atoms with Gasteiger partial charge in [-0.15, -0.1) is 0 Å². The molecule has 1 saturated heterocycles. The number of fused-ring (bicyclic) bond motifs is 2. The second-order valence-corrected chi connectivity index (χ2v) is 11.6. The molecular weight excluding hydrogens is 592 g/mol. The zero-order valence-corrected chi connectivity index (χ0v) is 26.3. The number of morpholine rings is 1. The number of amides is 1. The highest BCUT2D eigenvalue weighted by Crippen LogP contribution is 2.24. The van der Waals surface area contributed by atoms with E-state index in [0.717, 1.165) is 50.3 Å². The summed E-state index contributed by atoms with van der Waals surface area (Å²) in [4.78, 5) is 34.7. The fraction of sp³-hybridized carbons (Fsp3) is 0.250. The van der Waals surface area contributed by atoms with E-state index in [-0.39, 0.29) is 11.5 Å². The standard InChI is InChI=1S/C36H34N8O3/c1-25(39-35(45)32-26(2)40-43-15-7-14-37-34(32)43)31-22-29-9-6-8-28(33(29)36(46)44(31)30-10-4-3-5-11-30)13-12-27-23-38-42(24-27)17-16-41-18-20-47-21-19-41/h3-11,14-15,22-25H,16-21H2,1-2H3,(H,39,45). The van der Waals surface area contributed by atoms with Crippen molar-refractivity contribution in [2.45, 2.75) is 26.4 Å². The molecule has 5 heterocycles. The highest BCUT2D eigenvalue weighted by atomic mass is 16.5. The Morgan fingerprint density at radius 1 is 1.04 bits per heavy atom. The van der Waals surface area contributed by atoms with Crippen LogP contribution in [0.25, 0.3) is 22.1 Å². The summed E-state index contributed by atoms with van der Waals surface area (Å²) in [5, 5.41) is 13.2. The molecule has 7 rings (SSSR count). The van der Waals surface area contributed by atoms with E-state index >= 15 is 0 Å². The van der Waals surface area contributed by atoms with Crippen LogP contribution in [0, 0.1) is 18.8 Å². The van der Waals surface area contributed by atoms with Crippen molar-refractivity contribution >= 4 is 22.3 Å². The van der Waals surface area contributed by atoms with Crippen LogP contribution in [0.15, 0.2) is 90.2 Å². The lowest BCUT2D eigenvalue weighted by molar-refractivity contribution is 0.0359. The Kier molecular flexibility index (Phi) is 8.35. The van der Waals surface area contributed by atoms with Crippen molar-refractivity contribution in [3.05, 3.63) is 124 Å². The number of ether oxygens (including phenoxy) is 1. The van der Waals surface area contributed by atoms with Crippen molar-refractivity contribution < 1.29 is 9.53 Å². The Balaban J connectivity index is 1.22. The Hall–Kier alpha value is -5.57. The molecule has 4 aromatic heterocycles. The van der Waals surface area contributed by atoms with Gasteiger partial charge in [-0.1, -0.05) is 42.2 Å². The van der Waals surface area contributed by atoms with Gasteiger partial charge in [0.05, 0.1) is 48.6 Å². The fourth-order valence-corrected chi connectivity index (χ4v) is 6.01. The molecule has 1 N–H and O–H groups in total. The van der Waals surface area contributed by atoms with Crippen molar-refractivity contribution in [2.75, 3.05) is 32.8 Å². The average molecular weight is 627 g/mol. The smallest absolute Gasteiger partial charge is 0.264 e. The number of nitrogens with one attached hydrogen (secondary N) is 1. The quantitative estimate of drug-likeness (QED) is 0.269. The number of hydrogen-bond acceptors (Lipinski definition) is 7. The number of para-hydroxylation sites is 1. The number of benzene rings is 2. The van der Waals surface area contributed by atoms with Crippen LogP contribution in [-0.2, 0) is 11.3 Å². The molecule has 1 unspecified atom stereocenters. The van der Waals surface area contributed by atoms with Gasteiger partial charge in [0.25, 0.3) is 11.5 Å². The molecule has 11 heteroatoms. The van der Waals surface area contributed by atoms with E-state index in [4.69, 9.17) is 4.74 Å². The minimum absolute atomic E-state index is 0.218. The third-order valence-electron chi connectivity index (χ3n) is 8.40. The average Bonchev–Trinajstić information content (AvgIpc) is 3.70. The summed E-state index contributed by atoms with van der Waals surface area (Å²) in [5.41, 5.74) is 3.94. The van der Waals surface area contributed by atoms with E-state index in [1.807, 2.05) is 72.4 Å². The van der Waals surface area contributed by atoms with E-state index in [2.05, 4.69) is 37.2 Å². The van der Waals surface area contributed by atoms with Gasteiger partial charge in [0.1, 0.15) is 5.56 Å². The number of nitrogens with zero attached hydrogens (tertiary/aromatic N) is 7. The van der Waals surface area contributed by atoms with Crippen LogP contribution in [0.1, 0.15) is 45.8 Å². The first-order valence-corrected chi connectivity index (χ1v) is 15.7. The summed E-state index contributed by atoms with van der Waals surface area (Å²) in [6.45, 7) is 8.71. The summed E-state index contributed by atoms with van der Waals surface area (Å²) in [5.74, 6) is 6.13. The number of rotatable bonds is 7. The summed E-state index contributed by atoms with van der Waals surface area (Å²) in [7, 11) is 0. The van der Waals surface area contributed by atoms with Crippen LogP contribution in [-0.4, -0.2) is 72.6 Å². The molecule has 1 aliphatic rings. The zero-order chi connectivity index (χ0) is 32.3. The maximum absolute atomic E-state index is 14.4. The van der Waals surface area contributed by atoms with E-state index in [0.29, 0.717) is 39.2 Å². The number of aryl methyl sites for hydroxylation is 1. The van der Waals surface area contributed by atoms with E-state index in [1.54, 1.807) is 40.7 Å². The number of carbonyl (C=O) groups excluding carboxylic acids is 1. The first-order valence-electron chi connectivity index (χ1n) is 15.7. The Labute approximate surface area is 271 Å². The SMILES string of the molecule is Cc1nn2cccnc2c1C(=O)NC(C)c1cc2cccc(C#Cc3cnn(CCN4CCOCC4)c3)c2c(=O)n1-c1ccccc1. The fourth-order valence-electron chi connectivity index (χ4n) is 6.01. The predicted molar refractivity (Wildman–Crippen MR) is 179 cm³/mol. The second kappa shape index (κ2) is 13.0. The topological polar surface area (TPSA) is 112 Å². The van der Waals surface area contributed by atoms with Gasteiger partial charge in [0.2, 0.25) is 0 Å². The Morgan fingerprint density at radius 2 is 1.87 bits per heavy atom. The minimum Gasteiger partial charge on any atom is -0.379 e. The largest absolute Gasteiger partial charge is 0.379 e. The van der Waals surface area contributed by atoms with Crippen LogP contribution in [0.3, 0.4) is 0 Å². The predicted octanol–water partition coefficient (Wildman–Crippen LogP) is 3.76. The number of aromatic nitrogens is 6. The molecule has 0 saturated carbocycles. The molecule has 1 aliphatic heterocycles. The Bertz CT molecular complexity index is 2200. The van der Waals surface area contributed by atoms with Gasteiger partial charge >= 0.3 is 0 Å². The van der Waals surface area contributed by atoms with Crippen LogP contribution in [0.4, 0.5) is 0 Å². The molecule has 47 heavy (non-hydrogen) atoms. The molecule has 1 amide bonds. The van der Waals surface area contributed by atoms with Gasteiger partial charge in [-0.25, -0.2) is 9.50 Å². The molecule has 1 atom stereocenters. The van der Waals surface area contributed by atoms with Crippen molar-refractivity contribution in [3.8, 4) is 17.5 Å².